The molecule has 4 saturated carbocycles. The summed E-state index contributed by atoms with van der Waals surface area (Å²) in [5.41, 5.74) is 15.4. The van der Waals surface area contributed by atoms with E-state index in [0.29, 0.717) is 11.8 Å². The summed E-state index contributed by atoms with van der Waals surface area (Å²) in [6, 6.07) is 53.8. The molecule has 0 amide bonds. The highest BCUT2D eigenvalue weighted by Gasteiger charge is 2.61. The molecule has 1 spiro atoms. The van der Waals surface area contributed by atoms with Crippen LogP contribution in [0.3, 0.4) is 0 Å². The van der Waals surface area contributed by atoms with Crippen LogP contribution in [0.1, 0.15) is 94.9 Å². The fourth-order valence-electron chi connectivity index (χ4n) is 12.7. The summed E-state index contributed by atoms with van der Waals surface area (Å²) in [6.45, 7) is 9.80. The van der Waals surface area contributed by atoms with Crippen LogP contribution in [0, 0.1) is 23.7 Å². The van der Waals surface area contributed by atoms with E-state index < -0.39 is 0 Å². The van der Waals surface area contributed by atoms with Gasteiger partial charge in [0.25, 0.3) is 0 Å². The average molecular weight is 748 g/mol. The second kappa shape index (κ2) is 12.7. The highest BCUT2D eigenvalue weighted by Crippen LogP contribution is 2.70. The zero-order chi connectivity index (χ0) is 37.8. The van der Waals surface area contributed by atoms with E-state index >= 15 is 0 Å². The van der Waals surface area contributed by atoms with Crippen LogP contribution in [-0.4, -0.2) is 0 Å². The van der Waals surface area contributed by atoms with E-state index in [4.69, 9.17) is 0 Å². The maximum atomic E-state index is 2.72. The molecule has 0 atom stereocenters. The van der Waals surface area contributed by atoms with Crippen molar-refractivity contribution < 1.29 is 0 Å². The summed E-state index contributed by atoms with van der Waals surface area (Å²) >= 11 is 2.04. The van der Waals surface area contributed by atoms with Crippen LogP contribution in [0.25, 0.3) is 22.3 Å². The van der Waals surface area contributed by atoms with E-state index in [1.54, 1.807) is 11.1 Å². The lowest BCUT2D eigenvalue weighted by Crippen LogP contribution is -2.57. The third-order valence-electron chi connectivity index (χ3n) is 15.1. The number of fused-ring (bicyclic) bond motifs is 3. The van der Waals surface area contributed by atoms with Gasteiger partial charge in [0.15, 0.2) is 0 Å². The summed E-state index contributed by atoms with van der Waals surface area (Å²) in [4.78, 5) is 5.57. The second-order valence-corrected chi connectivity index (χ2v) is 20.2. The van der Waals surface area contributed by atoms with Crippen LogP contribution in [0.4, 0.5) is 17.1 Å². The van der Waals surface area contributed by atoms with Gasteiger partial charge < -0.3 is 4.90 Å². The van der Waals surface area contributed by atoms with Crippen molar-refractivity contribution in [1.29, 1.82) is 0 Å². The highest BCUT2D eigenvalue weighted by molar-refractivity contribution is 7.99. The van der Waals surface area contributed by atoms with E-state index in [-0.39, 0.29) is 16.2 Å². The Morgan fingerprint density at radius 3 is 1.73 bits per heavy atom. The molecule has 4 bridgehead atoms. The van der Waals surface area contributed by atoms with Crippen LogP contribution < -0.4 is 4.90 Å². The molecule has 1 heterocycles. The van der Waals surface area contributed by atoms with Crippen molar-refractivity contribution in [2.24, 2.45) is 23.7 Å². The zero-order valence-electron chi connectivity index (χ0n) is 33.4. The van der Waals surface area contributed by atoms with Gasteiger partial charge in [-0.3, -0.25) is 0 Å². The molecule has 1 nitrogen and oxygen atoms in total. The molecule has 0 unspecified atom stereocenters. The highest BCUT2D eigenvalue weighted by atomic mass is 32.2. The lowest BCUT2D eigenvalue weighted by molar-refractivity contribution is -0.0443. The first kappa shape index (κ1) is 34.7. The van der Waals surface area contributed by atoms with Gasteiger partial charge in [-0.1, -0.05) is 143 Å². The normalized spacial score (nSPS) is 26.0. The maximum Gasteiger partial charge on any atom is 0.0630 e. The molecule has 0 saturated heterocycles. The predicted molar refractivity (Wildman–Crippen MR) is 236 cm³/mol. The van der Waals surface area contributed by atoms with Crippen LogP contribution in [0.5, 0.6) is 0 Å². The first-order valence-electron chi connectivity index (χ1n) is 21.3. The Balaban J connectivity index is 1.28. The smallest absolute Gasteiger partial charge is 0.0630 e. The molecule has 0 N–H and O–H groups in total. The van der Waals surface area contributed by atoms with Gasteiger partial charge >= 0.3 is 0 Å². The molecule has 1 aliphatic heterocycles. The Kier molecular flexibility index (Phi) is 7.89. The molecule has 0 aromatic heterocycles. The predicted octanol–water partition coefficient (Wildman–Crippen LogP) is 15.0. The monoisotopic (exact) mass is 747 g/mol. The second-order valence-electron chi connectivity index (χ2n) is 19.2. The van der Waals surface area contributed by atoms with Crippen molar-refractivity contribution in [2.75, 3.05) is 4.90 Å². The maximum absolute atomic E-state index is 2.72. The number of para-hydroxylation sites is 1. The van der Waals surface area contributed by atoms with Gasteiger partial charge in [-0.2, -0.15) is 0 Å². The SMILES string of the molecule is CC1(C)CCC(C)(C)c2cc(N(c3ccccc3)c3c(-c4ccccc4)cc4c(c3-c3ccccc3)Sc3ccccc3C43C4CC5CC(C4)CC3C5)ccc21. The average Bonchev–Trinajstić information content (AvgIpc) is 3.22. The lowest BCUT2D eigenvalue weighted by Gasteiger charge is -2.63. The number of hydrogen-bond donors (Lipinski definition) is 0. The molecule has 6 aliphatic rings. The Hall–Kier alpha value is -4.53. The van der Waals surface area contributed by atoms with Gasteiger partial charge in [-0.05, 0) is 149 Å². The largest absolute Gasteiger partial charge is 0.309 e. The number of anilines is 3. The summed E-state index contributed by atoms with van der Waals surface area (Å²) in [5.74, 6) is 3.13. The Morgan fingerprint density at radius 1 is 0.500 bits per heavy atom. The summed E-state index contributed by atoms with van der Waals surface area (Å²) in [5, 5.41) is 0. The number of hydrogen-bond acceptors (Lipinski definition) is 2. The molecule has 280 valence electrons. The first-order chi connectivity index (χ1) is 27.2. The van der Waals surface area contributed by atoms with Gasteiger partial charge in [0.05, 0.1) is 5.69 Å². The summed E-state index contributed by atoms with van der Waals surface area (Å²) in [7, 11) is 0. The summed E-state index contributed by atoms with van der Waals surface area (Å²) < 4.78 is 0. The Bertz CT molecular complexity index is 2430. The van der Waals surface area contributed by atoms with E-state index in [2.05, 4.69) is 172 Å². The fourth-order valence-corrected chi connectivity index (χ4v) is 14.0. The molecule has 56 heavy (non-hydrogen) atoms. The minimum Gasteiger partial charge on any atom is -0.309 e. The topological polar surface area (TPSA) is 3.24 Å². The quantitative estimate of drug-likeness (QED) is 0.173. The number of benzene rings is 6. The van der Waals surface area contributed by atoms with Gasteiger partial charge in [0, 0.05) is 37.7 Å². The van der Waals surface area contributed by atoms with Crippen molar-refractivity contribution in [3.8, 4) is 22.3 Å². The van der Waals surface area contributed by atoms with Crippen LogP contribution >= 0.6 is 11.8 Å². The lowest BCUT2D eigenvalue weighted by atomic mass is 9.42. The van der Waals surface area contributed by atoms with Gasteiger partial charge in [0.1, 0.15) is 0 Å². The Morgan fingerprint density at radius 2 is 1.07 bits per heavy atom. The third kappa shape index (κ3) is 5.13. The third-order valence-corrected chi connectivity index (χ3v) is 16.4. The number of nitrogens with zero attached hydrogens (tertiary/aromatic N) is 1. The van der Waals surface area contributed by atoms with Crippen molar-refractivity contribution in [3.05, 3.63) is 162 Å². The first-order valence-corrected chi connectivity index (χ1v) is 22.1. The van der Waals surface area contributed by atoms with E-state index in [9.17, 15) is 0 Å². The molecule has 6 aromatic carbocycles. The van der Waals surface area contributed by atoms with Crippen molar-refractivity contribution in [1.82, 2.24) is 0 Å². The van der Waals surface area contributed by atoms with Gasteiger partial charge in [0.2, 0.25) is 0 Å². The summed E-state index contributed by atoms with van der Waals surface area (Å²) in [6.07, 6.45) is 9.32. The van der Waals surface area contributed by atoms with Crippen molar-refractivity contribution in [3.63, 3.8) is 0 Å². The minimum absolute atomic E-state index is 0.0230. The zero-order valence-corrected chi connectivity index (χ0v) is 34.2. The number of rotatable bonds is 5. The molecule has 5 aliphatic carbocycles. The van der Waals surface area contributed by atoms with Crippen molar-refractivity contribution >= 4 is 28.8 Å². The van der Waals surface area contributed by atoms with E-state index in [1.165, 1.54) is 105 Å². The van der Waals surface area contributed by atoms with Gasteiger partial charge in [-0.25, -0.2) is 0 Å². The molecule has 4 fully saturated rings. The van der Waals surface area contributed by atoms with Gasteiger partial charge in [-0.15, -0.1) is 0 Å². The molecule has 6 aromatic rings. The minimum atomic E-state index is 0.0230. The van der Waals surface area contributed by atoms with Crippen LogP contribution in [0.15, 0.2) is 149 Å². The molecular formula is C54H53NS. The molecule has 0 radical (unpaired) electrons. The van der Waals surface area contributed by atoms with Crippen LogP contribution in [0.2, 0.25) is 0 Å². The molecule has 12 rings (SSSR count). The molecule has 2 heteroatoms. The standard InChI is InChI=1S/C54H53NS/c1-52(2)26-27-53(3,4)46-33-42(24-25-44(46)52)55(41-20-12-7-13-21-41)50-43(37-16-8-5-9-17-37)34-47-51(49(50)38-18-10-6-11-19-38)56-48-23-15-14-22-45(48)54(47)39-29-35-28-36(31-39)32-40(54)30-35/h5-25,33-36,39-40H,26-32H2,1-4H3. The van der Waals surface area contributed by atoms with Crippen molar-refractivity contribution in [2.45, 2.75) is 98.7 Å². The van der Waals surface area contributed by atoms with E-state index in [1.807, 2.05) is 11.8 Å². The molecular weight excluding hydrogens is 695 g/mol. The van der Waals surface area contributed by atoms with Crippen LogP contribution in [-0.2, 0) is 16.2 Å². The fraction of sp³-hybridized carbons (Fsp3) is 0.333. The van der Waals surface area contributed by atoms with E-state index in [0.717, 1.165) is 11.8 Å². The Labute approximate surface area is 338 Å².